The fourth-order valence-corrected chi connectivity index (χ4v) is 3.75. The Bertz CT molecular complexity index is 964. The Hall–Kier alpha value is -2.50. The normalized spacial score (nSPS) is 14.4. The minimum Gasteiger partial charge on any atom is -0.367 e. The van der Waals surface area contributed by atoms with Crippen LogP contribution in [-0.4, -0.2) is 47.2 Å². The van der Waals surface area contributed by atoms with Crippen LogP contribution in [0.4, 0.5) is 5.69 Å². The zero-order valence-electron chi connectivity index (χ0n) is 14.5. The number of para-hydroxylation sites is 1. The van der Waals surface area contributed by atoms with Crippen LogP contribution in [-0.2, 0) is 0 Å². The summed E-state index contributed by atoms with van der Waals surface area (Å²) >= 11 is 12.5. The maximum absolute atomic E-state index is 12.8. The highest BCUT2D eigenvalue weighted by Crippen LogP contribution is 2.28. The minimum atomic E-state index is -0.0559. The van der Waals surface area contributed by atoms with Crippen molar-refractivity contribution in [2.24, 2.45) is 0 Å². The molecule has 0 atom stereocenters. The second-order valence-electron chi connectivity index (χ2n) is 6.38. The van der Waals surface area contributed by atoms with Crippen LogP contribution in [0.1, 0.15) is 10.5 Å². The molecule has 138 valence electrons. The van der Waals surface area contributed by atoms with Gasteiger partial charge in [0.25, 0.3) is 5.91 Å². The average Bonchev–Trinajstić information content (AvgIpc) is 3.18. The molecule has 7 heteroatoms. The maximum Gasteiger partial charge on any atom is 0.272 e. The Kier molecular flexibility index (Phi) is 5.05. The molecule has 2 aromatic carbocycles. The monoisotopic (exact) mass is 400 g/mol. The lowest BCUT2D eigenvalue weighted by Crippen LogP contribution is -2.49. The average molecular weight is 401 g/mol. The van der Waals surface area contributed by atoms with E-state index in [2.05, 4.69) is 15.1 Å². The number of hydrogen-bond acceptors (Lipinski definition) is 3. The number of rotatable bonds is 3. The molecule has 1 N–H and O–H groups in total. The first-order valence-corrected chi connectivity index (χ1v) is 9.48. The van der Waals surface area contributed by atoms with Crippen molar-refractivity contribution in [3.8, 4) is 11.3 Å². The highest BCUT2D eigenvalue weighted by atomic mass is 35.5. The summed E-state index contributed by atoms with van der Waals surface area (Å²) in [5, 5.41) is 8.44. The van der Waals surface area contributed by atoms with Crippen molar-refractivity contribution in [1.82, 2.24) is 15.1 Å². The molecule has 1 aliphatic heterocycles. The smallest absolute Gasteiger partial charge is 0.272 e. The van der Waals surface area contributed by atoms with Crippen molar-refractivity contribution in [2.45, 2.75) is 0 Å². The fourth-order valence-electron chi connectivity index (χ4n) is 3.27. The number of halogens is 2. The second-order valence-corrected chi connectivity index (χ2v) is 7.19. The van der Waals surface area contributed by atoms with E-state index >= 15 is 0 Å². The molecule has 0 saturated carbocycles. The van der Waals surface area contributed by atoms with Gasteiger partial charge < -0.3 is 9.80 Å². The van der Waals surface area contributed by atoms with E-state index in [9.17, 15) is 4.79 Å². The largest absolute Gasteiger partial charge is 0.367 e. The van der Waals surface area contributed by atoms with Crippen molar-refractivity contribution in [2.75, 3.05) is 31.1 Å². The van der Waals surface area contributed by atoms with Crippen LogP contribution in [0.3, 0.4) is 0 Å². The van der Waals surface area contributed by atoms with Gasteiger partial charge in [0, 0.05) is 31.7 Å². The number of H-pyrrole nitrogens is 1. The number of piperazine rings is 1. The Balaban J connectivity index is 1.44. The zero-order chi connectivity index (χ0) is 18.8. The molecular formula is C20H18Cl2N4O. The van der Waals surface area contributed by atoms with Gasteiger partial charge in [0.05, 0.1) is 21.4 Å². The molecule has 3 aromatic rings. The summed E-state index contributed by atoms with van der Waals surface area (Å²) in [5.74, 6) is -0.0559. The third-order valence-corrected chi connectivity index (χ3v) is 5.37. The van der Waals surface area contributed by atoms with E-state index in [1.807, 2.05) is 47.4 Å². The van der Waals surface area contributed by atoms with Crippen LogP contribution in [0.2, 0.25) is 10.0 Å². The minimum absolute atomic E-state index is 0.0559. The number of amides is 1. The summed E-state index contributed by atoms with van der Waals surface area (Å²) in [5.41, 5.74) is 2.95. The standard InChI is InChI=1S/C20H18Cl2N4O/c21-15-6-2-1-5-14(15)17-13-18(24-23-17)20(27)26-11-9-25(10-12-26)19-8-4-3-7-16(19)22/h1-8,13H,9-12H2,(H,23,24). The van der Waals surface area contributed by atoms with Crippen molar-refractivity contribution in [3.05, 3.63) is 70.3 Å². The Morgan fingerprint density at radius 2 is 1.59 bits per heavy atom. The Morgan fingerprint density at radius 1 is 0.926 bits per heavy atom. The van der Waals surface area contributed by atoms with Gasteiger partial charge in [-0.2, -0.15) is 5.10 Å². The molecule has 0 unspecified atom stereocenters. The van der Waals surface area contributed by atoms with Crippen LogP contribution in [0, 0.1) is 0 Å². The quantitative estimate of drug-likeness (QED) is 0.710. The summed E-state index contributed by atoms with van der Waals surface area (Å²) in [7, 11) is 0. The molecule has 1 aromatic heterocycles. The molecule has 5 nitrogen and oxygen atoms in total. The van der Waals surface area contributed by atoms with Crippen molar-refractivity contribution in [3.63, 3.8) is 0 Å². The first-order chi connectivity index (χ1) is 13.1. The lowest BCUT2D eigenvalue weighted by molar-refractivity contribution is 0.0741. The first kappa shape index (κ1) is 17.9. The van der Waals surface area contributed by atoms with E-state index in [4.69, 9.17) is 23.2 Å². The number of aromatic amines is 1. The fraction of sp³-hybridized carbons (Fsp3) is 0.200. The molecule has 4 rings (SSSR count). The molecule has 0 radical (unpaired) electrons. The number of carbonyl (C=O) groups excluding carboxylic acids is 1. The van der Waals surface area contributed by atoms with E-state index in [1.54, 1.807) is 12.1 Å². The molecule has 0 aliphatic carbocycles. The lowest BCUT2D eigenvalue weighted by atomic mass is 10.1. The number of benzene rings is 2. The molecule has 0 spiro atoms. The predicted molar refractivity (Wildman–Crippen MR) is 109 cm³/mol. The summed E-state index contributed by atoms with van der Waals surface area (Å²) in [6, 6.07) is 17.0. The van der Waals surface area contributed by atoms with Crippen molar-refractivity contribution >= 4 is 34.8 Å². The van der Waals surface area contributed by atoms with Gasteiger partial charge >= 0.3 is 0 Å². The van der Waals surface area contributed by atoms with E-state index < -0.39 is 0 Å². The highest BCUT2D eigenvalue weighted by molar-refractivity contribution is 6.33. The van der Waals surface area contributed by atoms with Crippen molar-refractivity contribution in [1.29, 1.82) is 0 Å². The molecule has 1 amide bonds. The van der Waals surface area contributed by atoms with E-state index in [-0.39, 0.29) is 5.91 Å². The SMILES string of the molecule is O=C(c1cc(-c2ccccc2Cl)n[nH]1)N1CCN(c2ccccc2Cl)CC1. The Labute approximate surface area is 167 Å². The summed E-state index contributed by atoms with van der Waals surface area (Å²) < 4.78 is 0. The topological polar surface area (TPSA) is 52.2 Å². The third-order valence-electron chi connectivity index (χ3n) is 4.72. The van der Waals surface area contributed by atoms with Gasteiger partial charge in [-0.3, -0.25) is 9.89 Å². The van der Waals surface area contributed by atoms with Crippen LogP contribution >= 0.6 is 23.2 Å². The second kappa shape index (κ2) is 7.62. The molecule has 1 aliphatic rings. The van der Waals surface area contributed by atoms with E-state index in [1.165, 1.54) is 0 Å². The van der Waals surface area contributed by atoms with Gasteiger partial charge in [0.15, 0.2) is 0 Å². The number of aromatic nitrogens is 2. The van der Waals surface area contributed by atoms with Crippen molar-refractivity contribution < 1.29 is 4.79 Å². The maximum atomic E-state index is 12.8. The molecule has 0 bridgehead atoms. The number of carbonyl (C=O) groups is 1. The Morgan fingerprint density at radius 3 is 2.30 bits per heavy atom. The lowest BCUT2D eigenvalue weighted by Gasteiger charge is -2.36. The first-order valence-electron chi connectivity index (χ1n) is 8.72. The molecular weight excluding hydrogens is 383 g/mol. The molecule has 1 saturated heterocycles. The molecule has 1 fully saturated rings. The number of nitrogens with one attached hydrogen (secondary N) is 1. The van der Waals surface area contributed by atoms with Gasteiger partial charge in [-0.15, -0.1) is 0 Å². The number of anilines is 1. The molecule has 27 heavy (non-hydrogen) atoms. The van der Waals surface area contributed by atoms with Gasteiger partial charge in [-0.05, 0) is 24.3 Å². The molecule has 2 heterocycles. The van der Waals surface area contributed by atoms with Crippen LogP contribution < -0.4 is 4.90 Å². The summed E-state index contributed by atoms with van der Waals surface area (Å²) in [6.45, 7) is 2.73. The highest BCUT2D eigenvalue weighted by Gasteiger charge is 2.24. The van der Waals surface area contributed by atoms with Gasteiger partial charge in [0.1, 0.15) is 5.69 Å². The number of nitrogens with zero attached hydrogens (tertiary/aromatic N) is 3. The summed E-state index contributed by atoms with van der Waals surface area (Å²) in [4.78, 5) is 16.8. The van der Waals surface area contributed by atoms with E-state index in [0.29, 0.717) is 29.5 Å². The summed E-state index contributed by atoms with van der Waals surface area (Å²) in [6.07, 6.45) is 0. The zero-order valence-corrected chi connectivity index (χ0v) is 16.0. The van der Waals surface area contributed by atoms with Gasteiger partial charge in [0.2, 0.25) is 0 Å². The third kappa shape index (κ3) is 3.66. The van der Waals surface area contributed by atoms with Crippen LogP contribution in [0.15, 0.2) is 54.6 Å². The van der Waals surface area contributed by atoms with Gasteiger partial charge in [-0.1, -0.05) is 53.5 Å². The van der Waals surface area contributed by atoms with Crippen LogP contribution in [0.5, 0.6) is 0 Å². The van der Waals surface area contributed by atoms with Crippen LogP contribution in [0.25, 0.3) is 11.3 Å². The number of hydrogen-bond donors (Lipinski definition) is 1. The van der Waals surface area contributed by atoms with E-state index in [0.717, 1.165) is 29.4 Å². The van der Waals surface area contributed by atoms with Gasteiger partial charge in [-0.25, -0.2) is 0 Å². The predicted octanol–water partition coefficient (Wildman–Crippen LogP) is 4.35.